The van der Waals surface area contributed by atoms with E-state index in [1.165, 1.54) is 12.1 Å². The van der Waals surface area contributed by atoms with Crippen molar-refractivity contribution in [2.24, 2.45) is 0 Å². The molecule has 0 radical (unpaired) electrons. The zero-order valence-electron chi connectivity index (χ0n) is 9.51. The summed E-state index contributed by atoms with van der Waals surface area (Å²) < 4.78 is 13.3. The van der Waals surface area contributed by atoms with E-state index >= 15 is 0 Å². The van der Waals surface area contributed by atoms with Crippen LogP contribution in [0.15, 0.2) is 30.5 Å². The highest BCUT2D eigenvalue weighted by molar-refractivity contribution is 6.28. The van der Waals surface area contributed by atoms with E-state index in [0.717, 1.165) is 11.8 Å². The second kappa shape index (κ2) is 5.57. The fourth-order valence-corrected chi connectivity index (χ4v) is 1.52. The molecule has 0 saturated carbocycles. The van der Waals surface area contributed by atoms with E-state index in [0.29, 0.717) is 0 Å². The molecule has 6 nitrogen and oxygen atoms in total. The van der Waals surface area contributed by atoms with Gasteiger partial charge in [-0.15, -0.1) is 0 Å². The summed E-state index contributed by atoms with van der Waals surface area (Å²) in [4.78, 5) is 17.2. The first-order valence-corrected chi connectivity index (χ1v) is 5.59. The Hall–Kier alpha value is -2.28. The molecule has 1 N–H and O–H groups in total. The molecule has 0 spiro atoms. The van der Waals surface area contributed by atoms with E-state index in [1.54, 1.807) is 12.1 Å². The van der Waals surface area contributed by atoms with Gasteiger partial charge in [0.1, 0.15) is 0 Å². The lowest BCUT2D eigenvalue weighted by molar-refractivity contribution is -0.384. The van der Waals surface area contributed by atoms with Crippen LogP contribution in [-0.2, 0) is 6.54 Å². The van der Waals surface area contributed by atoms with Gasteiger partial charge in [0, 0.05) is 18.7 Å². The molecule has 98 valence electrons. The van der Waals surface area contributed by atoms with Crippen molar-refractivity contribution in [1.29, 1.82) is 0 Å². The van der Waals surface area contributed by atoms with Gasteiger partial charge < -0.3 is 5.32 Å². The summed E-state index contributed by atoms with van der Waals surface area (Å²) in [7, 11) is 0. The van der Waals surface area contributed by atoms with Crippen molar-refractivity contribution in [2.45, 2.75) is 6.54 Å². The first-order valence-electron chi connectivity index (χ1n) is 5.21. The van der Waals surface area contributed by atoms with Crippen LogP contribution >= 0.6 is 11.6 Å². The van der Waals surface area contributed by atoms with Gasteiger partial charge >= 0.3 is 0 Å². The number of non-ortho nitro benzene ring substituents is 1. The minimum absolute atomic E-state index is 0.0000103. The SMILES string of the molecule is O=[N+]([O-])c1ccc(CNc2nc(Cl)ncc2F)cc1. The number of hydrogen-bond donors (Lipinski definition) is 1. The number of nitro groups is 1. The quantitative estimate of drug-likeness (QED) is 0.530. The summed E-state index contributed by atoms with van der Waals surface area (Å²) >= 11 is 5.55. The number of nitro benzene ring substituents is 1. The fourth-order valence-electron chi connectivity index (χ4n) is 1.39. The van der Waals surface area contributed by atoms with E-state index in [-0.39, 0.29) is 23.3 Å². The van der Waals surface area contributed by atoms with Crippen LogP contribution in [0.25, 0.3) is 0 Å². The number of halogens is 2. The second-order valence-electron chi connectivity index (χ2n) is 3.61. The summed E-state index contributed by atoms with van der Waals surface area (Å²) in [5.74, 6) is -0.635. The predicted molar refractivity (Wildman–Crippen MR) is 67.4 cm³/mol. The van der Waals surface area contributed by atoms with Crippen LogP contribution in [0.4, 0.5) is 15.9 Å². The third-order valence-electron chi connectivity index (χ3n) is 2.32. The normalized spacial score (nSPS) is 10.2. The number of anilines is 1. The van der Waals surface area contributed by atoms with Gasteiger partial charge in [0.05, 0.1) is 11.1 Å². The van der Waals surface area contributed by atoms with Crippen molar-refractivity contribution in [2.75, 3.05) is 5.32 Å². The average molecular weight is 283 g/mol. The summed E-state index contributed by atoms with van der Waals surface area (Å²) in [5, 5.41) is 13.2. The summed E-state index contributed by atoms with van der Waals surface area (Å²) in [6.07, 6.45) is 0.966. The van der Waals surface area contributed by atoms with Crippen LogP contribution < -0.4 is 5.32 Å². The molecule has 0 saturated heterocycles. The van der Waals surface area contributed by atoms with Crippen molar-refractivity contribution < 1.29 is 9.31 Å². The standard InChI is InChI=1S/C11H8ClFN4O2/c12-11-15-6-9(13)10(16-11)14-5-7-1-3-8(4-2-7)17(18)19/h1-4,6H,5H2,(H,14,15,16). The van der Waals surface area contributed by atoms with Crippen LogP contribution in [0.3, 0.4) is 0 Å². The van der Waals surface area contributed by atoms with Crippen molar-refractivity contribution in [3.8, 4) is 0 Å². The lowest BCUT2D eigenvalue weighted by Crippen LogP contribution is -2.04. The molecule has 8 heteroatoms. The smallest absolute Gasteiger partial charge is 0.269 e. The fraction of sp³-hybridized carbons (Fsp3) is 0.0909. The molecule has 0 unspecified atom stereocenters. The lowest BCUT2D eigenvalue weighted by atomic mass is 10.2. The first-order chi connectivity index (χ1) is 9.06. The molecule has 0 aliphatic rings. The lowest BCUT2D eigenvalue weighted by Gasteiger charge is -2.06. The third kappa shape index (κ3) is 3.35. The molecular weight excluding hydrogens is 275 g/mol. The van der Waals surface area contributed by atoms with E-state index in [9.17, 15) is 14.5 Å². The van der Waals surface area contributed by atoms with Gasteiger partial charge in [0.2, 0.25) is 5.28 Å². The van der Waals surface area contributed by atoms with Gasteiger partial charge in [0.15, 0.2) is 11.6 Å². The summed E-state index contributed by atoms with van der Waals surface area (Å²) in [6, 6.07) is 5.90. The molecule has 0 fully saturated rings. The number of nitrogens with zero attached hydrogens (tertiary/aromatic N) is 3. The van der Waals surface area contributed by atoms with E-state index < -0.39 is 10.7 Å². The molecule has 0 bridgehead atoms. The van der Waals surface area contributed by atoms with Gasteiger partial charge in [-0.25, -0.2) is 9.37 Å². The Morgan fingerprint density at radius 1 is 1.37 bits per heavy atom. The molecular formula is C11H8ClFN4O2. The molecule has 19 heavy (non-hydrogen) atoms. The van der Waals surface area contributed by atoms with Crippen LogP contribution in [0.1, 0.15) is 5.56 Å². The number of aromatic nitrogens is 2. The Kier molecular flexibility index (Phi) is 3.86. The highest BCUT2D eigenvalue weighted by Gasteiger charge is 2.07. The van der Waals surface area contributed by atoms with Crippen molar-refractivity contribution in [3.63, 3.8) is 0 Å². The van der Waals surface area contributed by atoms with Crippen molar-refractivity contribution in [3.05, 3.63) is 57.2 Å². The Morgan fingerprint density at radius 3 is 2.68 bits per heavy atom. The van der Waals surface area contributed by atoms with Crippen LogP contribution in [0.2, 0.25) is 5.28 Å². The molecule has 0 amide bonds. The number of nitrogens with one attached hydrogen (secondary N) is 1. The first kappa shape index (κ1) is 13.2. The maximum absolute atomic E-state index is 13.3. The maximum Gasteiger partial charge on any atom is 0.269 e. The molecule has 1 aromatic heterocycles. The number of rotatable bonds is 4. The highest BCUT2D eigenvalue weighted by atomic mass is 35.5. The number of benzene rings is 1. The summed E-state index contributed by atoms with van der Waals surface area (Å²) in [6.45, 7) is 0.266. The second-order valence-corrected chi connectivity index (χ2v) is 3.95. The van der Waals surface area contributed by atoms with Crippen molar-refractivity contribution >= 4 is 23.1 Å². The Morgan fingerprint density at radius 2 is 2.05 bits per heavy atom. The molecule has 2 aromatic rings. The van der Waals surface area contributed by atoms with Gasteiger partial charge in [-0.2, -0.15) is 4.98 Å². The minimum atomic E-state index is -0.619. The topological polar surface area (TPSA) is 81.0 Å². The Bertz CT molecular complexity index is 606. The van der Waals surface area contributed by atoms with Crippen LogP contribution in [-0.4, -0.2) is 14.9 Å². The number of hydrogen-bond acceptors (Lipinski definition) is 5. The average Bonchev–Trinajstić information content (AvgIpc) is 2.40. The Balaban J connectivity index is 2.06. The molecule has 1 aromatic carbocycles. The highest BCUT2D eigenvalue weighted by Crippen LogP contribution is 2.15. The van der Waals surface area contributed by atoms with E-state index in [2.05, 4.69) is 15.3 Å². The third-order valence-corrected chi connectivity index (χ3v) is 2.50. The maximum atomic E-state index is 13.3. The van der Waals surface area contributed by atoms with Crippen molar-refractivity contribution in [1.82, 2.24) is 9.97 Å². The van der Waals surface area contributed by atoms with Gasteiger partial charge in [-0.1, -0.05) is 12.1 Å². The van der Waals surface area contributed by atoms with Gasteiger partial charge in [0.25, 0.3) is 5.69 Å². The molecule has 0 aliphatic heterocycles. The molecule has 1 heterocycles. The molecule has 2 rings (SSSR count). The van der Waals surface area contributed by atoms with Gasteiger partial charge in [-0.05, 0) is 17.2 Å². The van der Waals surface area contributed by atoms with Crippen LogP contribution in [0.5, 0.6) is 0 Å². The zero-order chi connectivity index (χ0) is 13.8. The summed E-state index contributed by atoms with van der Waals surface area (Å²) in [5.41, 5.74) is 0.750. The van der Waals surface area contributed by atoms with Crippen LogP contribution in [0, 0.1) is 15.9 Å². The predicted octanol–water partition coefficient (Wildman–Crippen LogP) is 2.79. The van der Waals surface area contributed by atoms with E-state index in [1.807, 2.05) is 0 Å². The largest absolute Gasteiger partial charge is 0.363 e. The Labute approximate surface area is 112 Å². The van der Waals surface area contributed by atoms with Gasteiger partial charge in [-0.3, -0.25) is 10.1 Å². The molecule has 0 aliphatic carbocycles. The van der Waals surface area contributed by atoms with E-state index in [4.69, 9.17) is 11.6 Å². The zero-order valence-corrected chi connectivity index (χ0v) is 10.3. The molecule has 0 atom stereocenters. The minimum Gasteiger partial charge on any atom is -0.363 e. The monoisotopic (exact) mass is 282 g/mol.